The van der Waals surface area contributed by atoms with Gasteiger partial charge < -0.3 is 20.4 Å². The summed E-state index contributed by atoms with van der Waals surface area (Å²) >= 11 is 0. The average molecular weight is 362 g/mol. The number of carboxylic acids is 4. The van der Waals surface area contributed by atoms with Gasteiger partial charge in [-0.05, 0) is 6.92 Å². The summed E-state index contributed by atoms with van der Waals surface area (Å²) < 4.78 is 0. The van der Waals surface area contributed by atoms with Crippen LogP contribution in [0.3, 0.4) is 0 Å². The predicted molar refractivity (Wildman–Crippen MR) is 68.0 cm³/mol. The molecular formula is C11H18FeN2O8. The molecule has 0 aliphatic carbocycles. The summed E-state index contributed by atoms with van der Waals surface area (Å²) in [6, 6.07) is -0.643. The van der Waals surface area contributed by atoms with Gasteiger partial charge >= 0.3 is 23.9 Å². The van der Waals surface area contributed by atoms with E-state index in [1.165, 1.54) is 6.92 Å². The third kappa shape index (κ3) is 11.0. The van der Waals surface area contributed by atoms with E-state index in [0.717, 1.165) is 9.80 Å². The minimum Gasteiger partial charge on any atom is -0.480 e. The molecule has 128 valence electrons. The van der Waals surface area contributed by atoms with Crippen LogP contribution < -0.4 is 0 Å². The number of hydrogen-bond donors (Lipinski definition) is 4. The summed E-state index contributed by atoms with van der Waals surface area (Å²) in [5, 5.41) is 34.9. The fourth-order valence-electron chi connectivity index (χ4n) is 1.77. The van der Waals surface area contributed by atoms with Crippen molar-refractivity contribution in [3.8, 4) is 0 Å². The number of hydrogen-bond acceptors (Lipinski definition) is 6. The summed E-state index contributed by atoms with van der Waals surface area (Å²) in [5.74, 6) is -4.92. The summed E-state index contributed by atoms with van der Waals surface area (Å²) in [5.41, 5.74) is 0. The zero-order valence-electron chi connectivity index (χ0n) is 11.8. The molecule has 11 heteroatoms. The van der Waals surface area contributed by atoms with E-state index in [1.54, 1.807) is 0 Å². The summed E-state index contributed by atoms with van der Waals surface area (Å²) in [4.78, 5) is 44.9. The summed E-state index contributed by atoms with van der Waals surface area (Å²) in [6.45, 7) is -0.736. The smallest absolute Gasteiger partial charge is 0.317 e. The zero-order chi connectivity index (χ0) is 16.6. The van der Waals surface area contributed by atoms with Crippen molar-refractivity contribution in [3.63, 3.8) is 0 Å². The number of nitrogens with zero attached hydrogens (tertiary/aromatic N) is 2. The molecule has 0 heterocycles. The second-order valence-electron chi connectivity index (χ2n) is 4.50. The van der Waals surface area contributed by atoms with Gasteiger partial charge in [-0.2, -0.15) is 0 Å². The van der Waals surface area contributed by atoms with Crippen molar-refractivity contribution in [1.29, 1.82) is 0 Å². The van der Waals surface area contributed by atoms with Crippen LogP contribution in [0.15, 0.2) is 0 Å². The maximum absolute atomic E-state index is 10.7. The molecule has 0 aromatic heterocycles. The Balaban J connectivity index is 0. The van der Waals surface area contributed by atoms with Gasteiger partial charge in [0.1, 0.15) is 0 Å². The molecule has 0 saturated heterocycles. The molecule has 0 aliphatic rings. The van der Waals surface area contributed by atoms with E-state index in [-0.39, 0.29) is 23.6 Å². The largest absolute Gasteiger partial charge is 0.480 e. The Labute approximate surface area is 136 Å². The van der Waals surface area contributed by atoms with Crippen LogP contribution in [0.25, 0.3) is 0 Å². The van der Waals surface area contributed by atoms with Crippen molar-refractivity contribution in [2.75, 3.05) is 32.7 Å². The van der Waals surface area contributed by atoms with Crippen molar-refractivity contribution in [2.45, 2.75) is 13.0 Å². The molecule has 0 aliphatic heterocycles. The molecule has 0 fully saturated rings. The SMILES string of the molecule is CC(CN(CC(=O)O)CC(=O)O)N(CC(=O)O)CC(=O)O.[Fe]. The van der Waals surface area contributed by atoms with Gasteiger partial charge in [0, 0.05) is 29.7 Å². The van der Waals surface area contributed by atoms with Crippen molar-refractivity contribution in [1.82, 2.24) is 9.80 Å². The van der Waals surface area contributed by atoms with Gasteiger partial charge in [0.25, 0.3) is 0 Å². The van der Waals surface area contributed by atoms with E-state index in [2.05, 4.69) is 0 Å². The maximum atomic E-state index is 10.7. The molecule has 0 bridgehead atoms. The molecule has 0 radical (unpaired) electrons. The topological polar surface area (TPSA) is 156 Å². The molecule has 0 aromatic rings. The molecule has 4 N–H and O–H groups in total. The van der Waals surface area contributed by atoms with Crippen molar-refractivity contribution in [2.24, 2.45) is 0 Å². The Morgan fingerprint density at radius 1 is 0.773 bits per heavy atom. The molecule has 1 atom stereocenters. The number of aliphatic carboxylic acids is 4. The minimum atomic E-state index is -1.23. The molecule has 10 nitrogen and oxygen atoms in total. The number of carboxylic acid groups (broad SMARTS) is 4. The van der Waals surface area contributed by atoms with E-state index < -0.39 is 56.1 Å². The van der Waals surface area contributed by atoms with Crippen LogP contribution in [0, 0.1) is 0 Å². The maximum Gasteiger partial charge on any atom is 0.317 e. The predicted octanol–water partition coefficient (Wildman–Crippen LogP) is -1.69. The number of rotatable bonds is 11. The van der Waals surface area contributed by atoms with E-state index in [9.17, 15) is 19.2 Å². The van der Waals surface area contributed by atoms with E-state index in [0.29, 0.717) is 0 Å². The van der Waals surface area contributed by atoms with Gasteiger partial charge in [-0.3, -0.25) is 29.0 Å². The van der Waals surface area contributed by atoms with Crippen LogP contribution in [0.1, 0.15) is 6.92 Å². The molecule has 0 aromatic carbocycles. The van der Waals surface area contributed by atoms with Crippen LogP contribution in [-0.2, 0) is 36.2 Å². The fourth-order valence-corrected chi connectivity index (χ4v) is 1.77. The van der Waals surface area contributed by atoms with E-state index >= 15 is 0 Å². The van der Waals surface area contributed by atoms with Crippen molar-refractivity contribution in [3.05, 3.63) is 0 Å². The Bertz CT molecular complexity index is 385. The molecule has 0 rings (SSSR count). The van der Waals surface area contributed by atoms with Crippen LogP contribution in [0.2, 0.25) is 0 Å². The third-order valence-electron chi connectivity index (χ3n) is 2.54. The summed E-state index contributed by atoms with van der Waals surface area (Å²) in [7, 11) is 0. The van der Waals surface area contributed by atoms with Crippen molar-refractivity contribution < 1.29 is 56.7 Å². The first-order chi connectivity index (χ1) is 9.61. The van der Waals surface area contributed by atoms with Gasteiger partial charge in [-0.1, -0.05) is 0 Å². The van der Waals surface area contributed by atoms with Gasteiger partial charge in [-0.15, -0.1) is 0 Å². The average Bonchev–Trinajstić information content (AvgIpc) is 2.24. The van der Waals surface area contributed by atoms with Crippen LogP contribution in [-0.4, -0.2) is 92.9 Å². The Morgan fingerprint density at radius 2 is 1.09 bits per heavy atom. The van der Waals surface area contributed by atoms with Crippen LogP contribution in [0.5, 0.6) is 0 Å². The standard InChI is InChI=1S/C11H18N2O8.Fe/c1-7(13(5-10(18)19)6-11(20)21)2-12(3-8(14)15)4-9(16)17;/h7H,2-6H2,1H3,(H,14,15)(H,16,17)(H,18,19)(H,20,21);. The fraction of sp³-hybridized carbons (Fsp3) is 0.636. The molecule has 0 amide bonds. The number of carbonyl (C=O) groups is 4. The van der Waals surface area contributed by atoms with Crippen molar-refractivity contribution >= 4 is 23.9 Å². The van der Waals surface area contributed by atoms with Gasteiger partial charge in [-0.25, -0.2) is 0 Å². The quantitative estimate of drug-likeness (QED) is 0.313. The summed E-state index contributed by atoms with van der Waals surface area (Å²) in [6.07, 6.45) is 0. The monoisotopic (exact) mass is 362 g/mol. The van der Waals surface area contributed by atoms with Gasteiger partial charge in [0.15, 0.2) is 0 Å². The molecule has 0 spiro atoms. The van der Waals surface area contributed by atoms with Crippen LogP contribution in [0.4, 0.5) is 0 Å². The third-order valence-corrected chi connectivity index (χ3v) is 2.54. The van der Waals surface area contributed by atoms with Crippen LogP contribution >= 0.6 is 0 Å². The Kier molecular flexibility index (Phi) is 11.3. The van der Waals surface area contributed by atoms with E-state index in [4.69, 9.17) is 20.4 Å². The zero-order valence-corrected chi connectivity index (χ0v) is 12.9. The van der Waals surface area contributed by atoms with E-state index in [1.807, 2.05) is 0 Å². The minimum absolute atomic E-state index is 0. The van der Waals surface area contributed by atoms with Gasteiger partial charge in [0.2, 0.25) is 0 Å². The first-order valence-corrected chi connectivity index (χ1v) is 5.95. The molecule has 22 heavy (non-hydrogen) atoms. The normalized spacial score (nSPS) is 11.8. The molecule has 1 unspecified atom stereocenters. The molecular weight excluding hydrogens is 344 g/mol. The first-order valence-electron chi connectivity index (χ1n) is 5.95. The first kappa shape index (κ1) is 22.6. The second kappa shape index (κ2) is 11.0. The molecule has 0 saturated carbocycles. The Hall–Kier alpha value is -1.68. The second-order valence-corrected chi connectivity index (χ2v) is 4.50. The van der Waals surface area contributed by atoms with Gasteiger partial charge in [0.05, 0.1) is 26.2 Å². The Morgan fingerprint density at radius 3 is 1.36 bits per heavy atom.